The smallest absolute Gasteiger partial charge is 0.195 e. The Bertz CT molecular complexity index is 348. The van der Waals surface area contributed by atoms with Crippen LogP contribution < -0.4 is 5.73 Å². The molecule has 0 aliphatic carbocycles. The van der Waals surface area contributed by atoms with E-state index < -0.39 is 5.79 Å². The van der Waals surface area contributed by atoms with Gasteiger partial charge in [0.2, 0.25) is 0 Å². The minimum absolute atomic E-state index is 0.356. The first-order chi connectivity index (χ1) is 6.62. The van der Waals surface area contributed by atoms with Gasteiger partial charge in [0.25, 0.3) is 0 Å². The molecule has 3 nitrogen and oxygen atoms in total. The molecule has 0 amide bonds. The molecule has 0 saturated carbocycles. The fraction of sp³-hybridized carbons (Fsp3) is 0.400. The molecule has 2 rings (SSSR count). The summed E-state index contributed by atoms with van der Waals surface area (Å²) in [5, 5.41) is 0. The van der Waals surface area contributed by atoms with Crippen molar-refractivity contribution >= 4 is 5.69 Å². The monoisotopic (exact) mass is 197 g/mol. The third-order valence-electron chi connectivity index (χ3n) is 2.32. The van der Waals surface area contributed by atoms with E-state index in [1.165, 1.54) is 12.1 Å². The summed E-state index contributed by atoms with van der Waals surface area (Å²) in [6, 6.07) is 4.37. The van der Waals surface area contributed by atoms with Crippen molar-refractivity contribution in [3.05, 3.63) is 29.6 Å². The average molecular weight is 197 g/mol. The van der Waals surface area contributed by atoms with Crippen molar-refractivity contribution in [2.45, 2.75) is 12.7 Å². The molecule has 76 valence electrons. The van der Waals surface area contributed by atoms with Crippen LogP contribution in [-0.2, 0) is 15.3 Å². The Morgan fingerprint density at radius 2 is 2.00 bits per heavy atom. The number of nitrogens with two attached hydrogens (primary N) is 1. The van der Waals surface area contributed by atoms with Crippen molar-refractivity contribution in [3.63, 3.8) is 0 Å². The molecule has 0 bridgehead atoms. The summed E-state index contributed by atoms with van der Waals surface area (Å²) in [5.41, 5.74) is 6.43. The molecule has 1 aromatic rings. The number of rotatable bonds is 1. The highest BCUT2D eigenvalue weighted by molar-refractivity contribution is 5.42. The Hall–Kier alpha value is -1.13. The third kappa shape index (κ3) is 1.47. The fourth-order valence-electron chi connectivity index (χ4n) is 1.56. The molecule has 2 N–H and O–H groups in total. The Morgan fingerprint density at radius 3 is 2.64 bits per heavy atom. The number of hydrogen-bond acceptors (Lipinski definition) is 3. The van der Waals surface area contributed by atoms with Crippen LogP contribution >= 0.6 is 0 Å². The topological polar surface area (TPSA) is 44.5 Å². The minimum atomic E-state index is -0.987. The summed E-state index contributed by atoms with van der Waals surface area (Å²) in [5.74, 6) is -1.34. The maximum absolute atomic E-state index is 13.5. The van der Waals surface area contributed by atoms with E-state index in [0.29, 0.717) is 24.5 Å². The molecule has 1 fully saturated rings. The first-order valence-electron chi connectivity index (χ1n) is 4.45. The highest BCUT2D eigenvalue weighted by Crippen LogP contribution is 2.33. The van der Waals surface area contributed by atoms with Gasteiger partial charge in [-0.15, -0.1) is 0 Å². The molecule has 1 aliphatic heterocycles. The maximum atomic E-state index is 13.5. The number of hydrogen-bond donors (Lipinski definition) is 1. The lowest BCUT2D eigenvalue weighted by atomic mass is 10.1. The zero-order valence-electron chi connectivity index (χ0n) is 7.92. The van der Waals surface area contributed by atoms with Gasteiger partial charge in [-0.2, -0.15) is 0 Å². The zero-order valence-corrected chi connectivity index (χ0v) is 7.92. The Morgan fingerprint density at radius 1 is 1.36 bits per heavy atom. The molecule has 0 radical (unpaired) electrons. The molecular formula is C10H12FNO2. The van der Waals surface area contributed by atoms with Crippen LogP contribution in [0.5, 0.6) is 0 Å². The normalized spacial score (nSPS) is 19.9. The average Bonchev–Trinajstić information content (AvgIpc) is 2.58. The molecule has 1 aromatic carbocycles. The van der Waals surface area contributed by atoms with Crippen molar-refractivity contribution in [1.29, 1.82) is 0 Å². The van der Waals surface area contributed by atoms with Crippen molar-refractivity contribution in [3.8, 4) is 0 Å². The largest absolute Gasteiger partial charge is 0.399 e. The van der Waals surface area contributed by atoms with E-state index in [0.717, 1.165) is 0 Å². The summed E-state index contributed by atoms with van der Waals surface area (Å²) in [4.78, 5) is 0. The van der Waals surface area contributed by atoms with Crippen LogP contribution in [-0.4, -0.2) is 13.2 Å². The van der Waals surface area contributed by atoms with E-state index in [-0.39, 0.29) is 5.82 Å². The lowest BCUT2D eigenvalue weighted by Gasteiger charge is -2.23. The van der Waals surface area contributed by atoms with Crippen LogP contribution in [0, 0.1) is 5.82 Å². The Labute approximate surface area is 81.6 Å². The molecule has 0 atom stereocenters. The number of benzene rings is 1. The molecule has 0 spiro atoms. The second kappa shape index (κ2) is 3.22. The van der Waals surface area contributed by atoms with Gasteiger partial charge >= 0.3 is 0 Å². The highest BCUT2D eigenvalue weighted by Gasteiger charge is 2.35. The molecule has 1 heterocycles. The van der Waals surface area contributed by atoms with Gasteiger partial charge in [-0.05, 0) is 25.1 Å². The fourth-order valence-corrected chi connectivity index (χ4v) is 1.56. The number of anilines is 1. The SMILES string of the molecule is CC1(c2cc(N)ccc2F)OCCO1. The summed E-state index contributed by atoms with van der Waals surface area (Å²) in [6.07, 6.45) is 0. The Kier molecular flexibility index (Phi) is 2.17. The molecule has 4 heteroatoms. The lowest BCUT2D eigenvalue weighted by Crippen LogP contribution is -2.24. The Balaban J connectivity index is 2.44. The van der Waals surface area contributed by atoms with Gasteiger partial charge in [0.1, 0.15) is 5.82 Å². The highest BCUT2D eigenvalue weighted by atomic mass is 19.1. The van der Waals surface area contributed by atoms with E-state index in [1.807, 2.05) is 0 Å². The van der Waals surface area contributed by atoms with Gasteiger partial charge in [0, 0.05) is 11.3 Å². The van der Waals surface area contributed by atoms with Crippen LogP contribution in [0.25, 0.3) is 0 Å². The van der Waals surface area contributed by atoms with Gasteiger partial charge in [0.05, 0.1) is 13.2 Å². The summed E-state index contributed by atoms with van der Waals surface area (Å²) < 4.78 is 24.1. The second-order valence-corrected chi connectivity index (χ2v) is 3.38. The van der Waals surface area contributed by atoms with Crippen LogP contribution in [0.3, 0.4) is 0 Å². The predicted molar refractivity (Wildman–Crippen MR) is 50.1 cm³/mol. The molecular weight excluding hydrogens is 185 g/mol. The van der Waals surface area contributed by atoms with Crippen molar-refractivity contribution in [1.82, 2.24) is 0 Å². The number of halogens is 1. The van der Waals surface area contributed by atoms with Gasteiger partial charge in [0.15, 0.2) is 5.79 Å². The van der Waals surface area contributed by atoms with E-state index >= 15 is 0 Å². The van der Waals surface area contributed by atoms with Gasteiger partial charge in [-0.3, -0.25) is 0 Å². The van der Waals surface area contributed by atoms with Crippen molar-refractivity contribution in [2.75, 3.05) is 18.9 Å². The number of nitrogen functional groups attached to an aromatic ring is 1. The summed E-state index contributed by atoms with van der Waals surface area (Å²) in [6.45, 7) is 2.65. The third-order valence-corrected chi connectivity index (χ3v) is 2.32. The van der Waals surface area contributed by atoms with Gasteiger partial charge in [-0.25, -0.2) is 4.39 Å². The first-order valence-corrected chi connectivity index (χ1v) is 4.45. The number of ether oxygens (including phenoxy) is 2. The van der Waals surface area contributed by atoms with Crippen molar-refractivity contribution < 1.29 is 13.9 Å². The molecule has 14 heavy (non-hydrogen) atoms. The van der Waals surface area contributed by atoms with Crippen LogP contribution in [0.1, 0.15) is 12.5 Å². The summed E-state index contributed by atoms with van der Waals surface area (Å²) in [7, 11) is 0. The molecule has 0 aromatic heterocycles. The zero-order chi connectivity index (χ0) is 10.2. The minimum Gasteiger partial charge on any atom is -0.399 e. The quantitative estimate of drug-likeness (QED) is 0.696. The van der Waals surface area contributed by atoms with Crippen LogP contribution in [0.2, 0.25) is 0 Å². The second-order valence-electron chi connectivity index (χ2n) is 3.38. The van der Waals surface area contributed by atoms with Gasteiger partial charge in [-0.1, -0.05) is 0 Å². The predicted octanol–water partition coefficient (Wildman–Crippen LogP) is 1.63. The molecule has 1 saturated heterocycles. The standard InChI is InChI=1S/C10H12FNO2/c1-10(13-4-5-14-10)8-6-7(12)2-3-9(8)11/h2-3,6H,4-5,12H2,1H3. The van der Waals surface area contributed by atoms with E-state index in [9.17, 15) is 4.39 Å². The lowest BCUT2D eigenvalue weighted by molar-refractivity contribution is -0.151. The molecule has 1 aliphatic rings. The maximum Gasteiger partial charge on any atom is 0.195 e. The molecule has 0 unspecified atom stereocenters. The van der Waals surface area contributed by atoms with Crippen LogP contribution in [0.4, 0.5) is 10.1 Å². The summed E-state index contributed by atoms with van der Waals surface area (Å²) >= 11 is 0. The van der Waals surface area contributed by atoms with Crippen molar-refractivity contribution in [2.24, 2.45) is 0 Å². The van der Waals surface area contributed by atoms with E-state index in [2.05, 4.69) is 0 Å². The van der Waals surface area contributed by atoms with Gasteiger partial charge < -0.3 is 15.2 Å². The van der Waals surface area contributed by atoms with E-state index in [4.69, 9.17) is 15.2 Å². The first kappa shape index (κ1) is 9.43. The van der Waals surface area contributed by atoms with Crippen LogP contribution in [0.15, 0.2) is 18.2 Å². The van der Waals surface area contributed by atoms with E-state index in [1.54, 1.807) is 13.0 Å².